The molecule has 4 amide bonds. The van der Waals surface area contributed by atoms with Gasteiger partial charge in [-0.2, -0.15) is 9.78 Å². The van der Waals surface area contributed by atoms with Gasteiger partial charge in [-0.05, 0) is 24.3 Å². The van der Waals surface area contributed by atoms with Gasteiger partial charge in [0.1, 0.15) is 23.1 Å². The van der Waals surface area contributed by atoms with Crippen LogP contribution in [0.3, 0.4) is 0 Å². The number of aromatic amines is 2. The van der Waals surface area contributed by atoms with Crippen LogP contribution in [0.2, 0.25) is 0 Å². The minimum atomic E-state index is -0.678. The van der Waals surface area contributed by atoms with E-state index in [1.807, 2.05) is 36.4 Å². The number of aromatic nitrogens is 8. The normalized spacial score (nSPS) is 13.7. The first-order valence-corrected chi connectivity index (χ1v) is 22.0. The molecule has 2 aliphatic heterocycles. The van der Waals surface area contributed by atoms with Crippen LogP contribution in [0, 0.1) is 0 Å². The number of nitrogens with zero attached hydrogens (tertiary/aromatic N) is 10. The summed E-state index contributed by atoms with van der Waals surface area (Å²) in [6, 6.07) is 21.2. The van der Waals surface area contributed by atoms with Gasteiger partial charge in [0.05, 0.1) is 65.7 Å². The van der Waals surface area contributed by atoms with E-state index in [2.05, 4.69) is 30.1 Å². The zero-order valence-electron chi connectivity index (χ0n) is 37.9. The minimum absolute atomic E-state index is 0.0929. The van der Waals surface area contributed by atoms with Crippen LogP contribution in [0.4, 0.5) is 11.6 Å². The molecule has 6 N–H and O–H groups in total. The molecule has 70 heavy (non-hydrogen) atoms. The Balaban J connectivity index is 0.000000174. The van der Waals surface area contributed by atoms with Crippen molar-refractivity contribution in [1.82, 2.24) is 59.1 Å². The lowest BCUT2D eigenvalue weighted by atomic mass is 10.1. The maximum absolute atomic E-state index is 13.3. The highest BCUT2D eigenvalue weighted by Gasteiger charge is 2.33. The first-order chi connectivity index (χ1) is 34.0. The van der Waals surface area contributed by atoms with Crippen LogP contribution >= 0.6 is 0 Å². The van der Waals surface area contributed by atoms with Gasteiger partial charge in [-0.3, -0.25) is 28.8 Å². The molecule has 22 heteroatoms. The van der Waals surface area contributed by atoms with Crippen LogP contribution in [0.5, 0.6) is 11.5 Å². The van der Waals surface area contributed by atoms with Crippen LogP contribution in [-0.2, 0) is 9.59 Å². The van der Waals surface area contributed by atoms with Gasteiger partial charge in [-0.1, -0.05) is 36.4 Å². The first kappa shape index (κ1) is 45.8. The minimum Gasteiger partial charge on any atom is -0.494 e. The molecule has 0 unspecified atom stereocenters. The number of carbonyl (C=O) groups is 6. The largest absolute Gasteiger partial charge is 0.494 e. The quantitative estimate of drug-likeness (QED) is 0.113. The Labute approximate surface area is 398 Å². The zero-order valence-corrected chi connectivity index (χ0v) is 37.9. The van der Waals surface area contributed by atoms with Crippen molar-refractivity contribution in [2.75, 3.05) is 78.0 Å². The molecule has 10 rings (SSSR count). The first-order valence-electron chi connectivity index (χ1n) is 22.0. The SMILES string of the molecule is COc1cnc(-n2ccc(N)n2)c2[nH]cc(C(=O)C(=O)N3CCN(C(=O)c4ccccc4)CC3)c12.COc1cnc(-n2nccc2N)c2[nH]cc(C(=O)C(=O)N3CCN(C(=O)c4ccccc4)CC3)c12. The molecular weight excluding hydrogens is 901 g/mol. The van der Waals surface area contributed by atoms with E-state index in [0.717, 1.165) is 0 Å². The second kappa shape index (κ2) is 19.5. The number of ether oxygens (including phenoxy) is 2. The summed E-state index contributed by atoms with van der Waals surface area (Å²) >= 11 is 0. The average molecular weight is 947 g/mol. The highest BCUT2D eigenvalue weighted by Crippen LogP contribution is 2.34. The van der Waals surface area contributed by atoms with Crippen molar-refractivity contribution in [3.63, 3.8) is 0 Å². The number of methoxy groups -OCH3 is 2. The number of piperazine rings is 2. The summed E-state index contributed by atoms with van der Waals surface area (Å²) in [6.45, 7) is 2.44. The molecule has 22 nitrogen and oxygen atoms in total. The van der Waals surface area contributed by atoms with Crippen molar-refractivity contribution in [1.29, 1.82) is 0 Å². The fraction of sp³-hybridized carbons (Fsp3) is 0.208. The highest BCUT2D eigenvalue weighted by molar-refractivity contribution is 6.46. The monoisotopic (exact) mass is 946 g/mol. The summed E-state index contributed by atoms with van der Waals surface area (Å²) in [5.41, 5.74) is 14.2. The van der Waals surface area contributed by atoms with Gasteiger partial charge >= 0.3 is 0 Å². The standard InChI is InChI=1S/2C24H23N7O4/c1-35-17-14-27-22(31-8-7-18(25)28-31)20-19(17)16(13-26-20)21(32)24(34)30-11-9-29(10-12-30)23(33)15-5-3-2-4-6-15;1-35-17-14-27-22(31-18(25)7-8-28-31)20-19(17)16(13-26-20)21(32)24(34)30-11-9-29(10-12-30)23(33)15-5-3-2-4-6-15/h2-8,13-14,26H,9-12H2,1H3,(H2,25,28);2-8,13-14,26H,9-12,25H2,1H3. The summed E-state index contributed by atoms with van der Waals surface area (Å²) < 4.78 is 13.8. The fourth-order valence-corrected chi connectivity index (χ4v) is 8.43. The number of ketones is 2. The van der Waals surface area contributed by atoms with E-state index in [-0.39, 0.29) is 49.1 Å². The summed E-state index contributed by atoms with van der Waals surface area (Å²) in [7, 11) is 2.93. The zero-order chi connectivity index (χ0) is 49.1. The van der Waals surface area contributed by atoms with E-state index in [4.69, 9.17) is 20.9 Å². The Morgan fingerprint density at radius 1 is 0.571 bits per heavy atom. The van der Waals surface area contributed by atoms with Gasteiger partial charge in [0.25, 0.3) is 35.2 Å². The molecule has 8 aromatic rings. The lowest BCUT2D eigenvalue weighted by Crippen LogP contribution is -2.52. The molecule has 0 atom stereocenters. The molecule has 0 bridgehead atoms. The van der Waals surface area contributed by atoms with Crippen molar-refractivity contribution in [3.05, 3.63) is 132 Å². The maximum atomic E-state index is 13.3. The Morgan fingerprint density at radius 3 is 1.43 bits per heavy atom. The van der Waals surface area contributed by atoms with E-state index in [1.165, 1.54) is 64.4 Å². The van der Waals surface area contributed by atoms with Crippen molar-refractivity contribution >= 4 is 68.6 Å². The van der Waals surface area contributed by atoms with Crippen LogP contribution in [0.25, 0.3) is 33.4 Å². The summed E-state index contributed by atoms with van der Waals surface area (Å²) in [6.07, 6.45) is 9.05. The number of hydrogen-bond acceptors (Lipinski definition) is 14. The fourth-order valence-electron chi connectivity index (χ4n) is 8.43. The number of fused-ring (bicyclic) bond motifs is 2. The van der Waals surface area contributed by atoms with E-state index in [9.17, 15) is 28.8 Å². The lowest BCUT2D eigenvalue weighted by Gasteiger charge is -2.34. The third-order valence-electron chi connectivity index (χ3n) is 12.1. The Morgan fingerprint density at radius 2 is 1.01 bits per heavy atom. The summed E-state index contributed by atoms with van der Waals surface area (Å²) in [5, 5.41) is 9.20. The third-order valence-corrected chi connectivity index (χ3v) is 12.1. The second-order valence-corrected chi connectivity index (χ2v) is 16.1. The Bertz CT molecular complexity index is 3270. The number of Topliss-reactive ketones (excluding diaryl/α,β-unsaturated/α-hetero) is 2. The number of nitrogens with one attached hydrogen (secondary N) is 2. The van der Waals surface area contributed by atoms with E-state index in [0.29, 0.717) is 93.9 Å². The average Bonchev–Trinajstić information content (AvgIpc) is 4.25. The maximum Gasteiger partial charge on any atom is 0.295 e. The number of amides is 4. The number of H-pyrrole nitrogens is 2. The number of nitrogens with two attached hydrogens (primary N) is 2. The molecule has 6 aromatic heterocycles. The number of carbonyl (C=O) groups excluding carboxylic acids is 6. The molecule has 356 valence electrons. The molecule has 0 saturated carbocycles. The predicted molar refractivity (Wildman–Crippen MR) is 255 cm³/mol. The lowest BCUT2D eigenvalue weighted by molar-refractivity contribution is -0.128. The van der Waals surface area contributed by atoms with Crippen molar-refractivity contribution in [2.45, 2.75) is 0 Å². The number of anilines is 2. The van der Waals surface area contributed by atoms with E-state index in [1.54, 1.807) is 52.4 Å². The number of hydrogen-bond donors (Lipinski definition) is 4. The molecule has 0 aliphatic carbocycles. The van der Waals surface area contributed by atoms with E-state index < -0.39 is 23.4 Å². The summed E-state index contributed by atoms with van der Waals surface area (Å²) in [5.74, 6) is -0.655. The topological polar surface area (TPSA) is 279 Å². The van der Waals surface area contributed by atoms with Crippen LogP contribution in [-0.4, -0.2) is 161 Å². The van der Waals surface area contributed by atoms with Crippen molar-refractivity contribution in [3.8, 4) is 23.1 Å². The molecule has 2 aliphatic rings. The number of pyridine rings is 2. The second-order valence-electron chi connectivity index (χ2n) is 16.1. The van der Waals surface area contributed by atoms with Gasteiger partial charge in [-0.25, -0.2) is 14.6 Å². The van der Waals surface area contributed by atoms with Gasteiger partial charge in [0, 0.05) is 94.2 Å². The van der Waals surface area contributed by atoms with Crippen LogP contribution in [0.1, 0.15) is 41.4 Å². The molecule has 2 saturated heterocycles. The highest BCUT2D eigenvalue weighted by atomic mass is 16.5. The third kappa shape index (κ3) is 8.71. The molecule has 0 spiro atoms. The predicted octanol–water partition coefficient (Wildman–Crippen LogP) is 3.01. The smallest absolute Gasteiger partial charge is 0.295 e. The number of nitrogen functional groups attached to an aromatic ring is 2. The molecule has 0 radical (unpaired) electrons. The van der Waals surface area contributed by atoms with Gasteiger partial charge in [0.2, 0.25) is 0 Å². The van der Waals surface area contributed by atoms with Gasteiger partial charge in [-0.15, -0.1) is 5.10 Å². The molecule has 2 aromatic carbocycles. The Kier molecular flexibility index (Phi) is 12.7. The van der Waals surface area contributed by atoms with Crippen LogP contribution < -0.4 is 20.9 Å². The Hall–Kier alpha value is -9.34. The van der Waals surface area contributed by atoms with Gasteiger partial charge in [0.15, 0.2) is 11.6 Å². The van der Waals surface area contributed by atoms with Crippen LogP contribution in [0.15, 0.2) is 110 Å². The van der Waals surface area contributed by atoms with Crippen molar-refractivity contribution in [2.24, 2.45) is 0 Å². The van der Waals surface area contributed by atoms with E-state index >= 15 is 0 Å². The number of rotatable bonds is 10. The number of benzene rings is 2. The van der Waals surface area contributed by atoms with Gasteiger partial charge < -0.3 is 50.5 Å². The molecular formula is C48H46N14O8. The van der Waals surface area contributed by atoms with Crippen molar-refractivity contribution < 1.29 is 38.2 Å². The molecule has 8 heterocycles. The molecule has 2 fully saturated rings. The summed E-state index contributed by atoms with van der Waals surface area (Å²) in [4.78, 5) is 99.2.